The minimum Gasteiger partial charge on any atom is -0.496 e. The summed E-state index contributed by atoms with van der Waals surface area (Å²) in [5, 5.41) is 4.16. The molecule has 0 aliphatic rings. The van der Waals surface area contributed by atoms with Crippen LogP contribution in [0.15, 0.2) is 35.1 Å². The molecule has 0 unspecified atom stereocenters. The first-order valence-corrected chi connectivity index (χ1v) is 5.10. The number of hydrogen-bond donors (Lipinski definition) is 1. The number of anilines is 1. The number of aryl methyl sites for hydroxylation is 1. The molecule has 0 saturated carbocycles. The van der Waals surface area contributed by atoms with Gasteiger partial charge in [-0.2, -0.15) is 5.10 Å². The lowest BCUT2D eigenvalue weighted by atomic mass is 10.1. The third-order valence-electron chi connectivity index (χ3n) is 2.47. The number of rotatable bonds is 2. The molecule has 0 aliphatic heterocycles. The third kappa shape index (κ3) is 1.99. The van der Waals surface area contributed by atoms with E-state index in [0.717, 1.165) is 5.56 Å². The summed E-state index contributed by atoms with van der Waals surface area (Å²) in [7, 11) is 3.15. The van der Waals surface area contributed by atoms with Crippen LogP contribution in [0, 0.1) is 0 Å². The van der Waals surface area contributed by atoms with Gasteiger partial charge in [0.1, 0.15) is 11.4 Å². The Morgan fingerprint density at radius 2 is 2.06 bits per heavy atom. The molecule has 0 bridgehead atoms. The molecule has 5 nitrogen and oxygen atoms in total. The van der Waals surface area contributed by atoms with Crippen LogP contribution in [0.1, 0.15) is 0 Å². The Balaban J connectivity index is 2.65. The minimum atomic E-state index is -0.302. The second-order valence-electron chi connectivity index (χ2n) is 3.61. The zero-order valence-corrected chi connectivity index (χ0v) is 9.68. The van der Waals surface area contributed by atoms with E-state index in [1.807, 2.05) is 24.3 Å². The molecule has 0 radical (unpaired) electrons. The Hall–Kier alpha value is -2.30. The lowest BCUT2D eigenvalue weighted by molar-refractivity contribution is 0.416. The molecule has 5 heteroatoms. The van der Waals surface area contributed by atoms with Gasteiger partial charge in [-0.15, -0.1) is 0 Å². The second-order valence-corrected chi connectivity index (χ2v) is 3.61. The first-order chi connectivity index (χ1) is 8.13. The van der Waals surface area contributed by atoms with Crippen LogP contribution in [0.5, 0.6) is 5.75 Å². The molecule has 0 atom stereocenters. The van der Waals surface area contributed by atoms with Crippen molar-refractivity contribution in [1.82, 2.24) is 9.78 Å². The summed E-state index contributed by atoms with van der Waals surface area (Å²) < 4.78 is 6.46. The van der Waals surface area contributed by atoms with E-state index >= 15 is 0 Å². The second kappa shape index (κ2) is 4.29. The number of para-hydroxylation sites is 1. The molecule has 0 aliphatic carbocycles. The molecule has 1 aromatic carbocycles. The number of benzene rings is 1. The third-order valence-corrected chi connectivity index (χ3v) is 2.47. The first kappa shape index (κ1) is 11.2. The van der Waals surface area contributed by atoms with E-state index < -0.39 is 0 Å². The summed E-state index contributed by atoms with van der Waals surface area (Å²) in [5.74, 6) is 0.693. The fourth-order valence-corrected chi connectivity index (χ4v) is 1.62. The van der Waals surface area contributed by atoms with E-state index in [9.17, 15) is 4.79 Å². The van der Waals surface area contributed by atoms with Crippen molar-refractivity contribution in [3.8, 4) is 17.0 Å². The highest BCUT2D eigenvalue weighted by molar-refractivity contribution is 5.68. The Kier molecular flexibility index (Phi) is 2.82. The van der Waals surface area contributed by atoms with E-state index in [-0.39, 0.29) is 11.2 Å². The van der Waals surface area contributed by atoms with E-state index in [1.54, 1.807) is 20.2 Å². The van der Waals surface area contributed by atoms with Gasteiger partial charge < -0.3 is 10.5 Å². The van der Waals surface area contributed by atoms with E-state index in [1.165, 1.54) is 4.68 Å². The molecule has 0 fully saturated rings. The van der Waals surface area contributed by atoms with Crippen LogP contribution < -0.4 is 16.0 Å². The molecule has 17 heavy (non-hydrogen) atoms. The van der Waals surface area contributed by atoms with Crippen LogP contribution in [0.25, 0.3) is 11.3 Å². The monoisotopic (exact) mass is 231 g/mol. The largest absolute Gasteiger partial charge is 0.496 e. The Bertz CT molecular complexity index is 579. The molecular weight excluding hydrogens is 218 g/mol. The number of nitrogen functional groups attached to an aromatic ring is 1. The molecule has 2 rings (SSSR count). The van der Waals surface area contributed by atoms with Gasteiger partial charge in [0.25, 0.3) is 5.56 Å². The Morgan fingerprint density at radius 1 is 1.35 bits per heavy atom. The number of aromatic nitrogens is 2. The topological polar surface area (TPSA) is 70.1 Å². The average Bonchev–Trinajstić information content (AvgIpc) is 2.35. The summed E-state index contributed by atoms with van der Waals surface area (Å²) in [6.45, 7) is 0. The maximum atomic E-state index is 11.5. The molecular formula is C12H13N3O2. The highest BCUT2D eigenvalue weighted by Crippen LogP contribution is 2.27. The molecule has 2 N–H and O–H groups in total. The molecule has 1 heterocycles. The number of nitrogens with zero attached hydrogens (tertiary/aromatic N) is 2. The van der Waals surface area contributed by atoms with E-state index in [4.69, 9.17) is 10.5 Å². The van der Waals surface area contributed by atoms with Gasteiger partial charge >= 0.3 is 0 Å². The van der Waals surface area contributed by atoms with Crippen molar-refractivity contribution in [1.29, 1.82) is 0 Å². The summed E-state index contributed by atoms with van der Waals surface area (Å²) >= 11 is 0. The molecule has 88 valence electrons. The molecule has 0 spiro atoms. The predicted octanol–water partition coefficient (Wildman–Crippen LogP) is 1.04. The lowest BCUT2D eigenvalue weighted by Gasteiger charge is -2.09. The summed E-state index contributed by atoms with van der Waals surface area (Å²) in [5.41, 5.74) is 6.92. The SMILES string of the molecule is COc1ccccc1-c1cc(N)c(=O)n(C)n1. The number of ether oxygens (including phenoxy) is 1. The van der Waals surface area contributed by atoms with Gasteiger partial charge in [0, 0.05) is 12.6 Å². The van der Waals surface area contributed by atoms with Crippen LogP contribution in [0.4, 0.5) is 5.69 Å². The first-order valence-electron chi connectivity index (χ1n) is 5.10. The Morgan fingerprint density at radius 3 is 2.71 bits per heavy atom. The maximum absolute atomic E-state index is 11.5. The van der Waals surface area contributed by atoms with Crippen molar-refractivity contribution in [3.63, 3.8) is 0 Å². The van der Waals surface area contributed by atoms with Gasteiger partial charge in [-0.05, 0) is 18.2 Å². The summed E-state index contributed by atoms with van der Waals surface area (Å²) in [6, 6.07) is 9.00. The fraction of sp³-hybridized carbons (Fsp3) is 0.167. The van der Waals surface area contributed by atoms with Crippen molar-refractivity contribution in [2.24, 2.45) is 7.05 Å². The highest BCUT2D eigenvalue weighted by Gasteiger charge is 2.09. The molecule has 0 saturated heterocycles. The quantitative estimate of drug-likeness (QED) is 0.838. The normalized spacial score (nSPS) is 10.2. The summed E-state index contributed by atoms with van der Waals surface area (Å²) in [4.78, 5) is 11.5. The predicted molar refractivity (Wildman–Crippen MR) is 65.9 cm³/mol. The van der Waals surface area contributed by atoms with E-state index in [0.29, 0.717) is 11.4 Å². The van der Waals surface area contributed by atoms with Gasteiger partial charge in [0.15, 0.2) is 0 Å². The number of hydrogen-bond acceptors (Lipinski definition) is 4. The van der Waals surface area contributed by atoms with Crippen LogP contribution in [-0.2, 0) is 7.05 Å². The van der Waals surface area contributed by atoms with Crippen molar-refractivity contribution in [2.75, 3.05) is 12.8 Å². The minimum absolute atomic E-state index is 0.170. The smallest absolute Gasteiger partial charge is 0.289 e. The van der Waals surface area contributed by atoms with Crippen molar-refractivity contribution >= 4 is 5.69 Å². The fourth-order valence-electron chi connectivity index (χ4n) is 1.62. The average molecular weight is 231 g/mol. The summed E-state index contributed by atoms with van der Waals surface area (Å²) in [6.07, 6.45) is 0. The van der Waals surface area contributed by atoms with Gasteiger partial charge in [0.2, 0.25) is 0 Å². The Labute approximate surface area is 98.5 Å². The number of methoxy groups -OCH3 is 1. The van der Waals surface area contributed by atoms with Crippen LogP contribution in [0.3, 0.4) is 0 Å². The van der Waals surface area contributed by atoms with Crippen LogP contribution in [-0.4, -0.2) is 16.9 Å². The molecule has 2 aromatic rings. The van der Waals surface area contributed by atoms with Crippen molar-refractivity contribution in [3.05, 3.63) is 40.7 Å². The van der Waals surface area contributed by atoms with Crippen LogP contribution >= 0.6 is 0 Å². The van der Waals surface area contributed by atoms with Gasteiger partial charge in [0.05, 0.1) is 12.8 Å². The van der Waals surface area contributed by atoms with Crippen molar-refractivity contribution < 1.29 is 4.74 Å². The molecule has 0 amide bonds. The van der Waals surface area contributed by atoms with Crippen molar-refractivity contribution in [2.45, 2.75) is 0 Å². The van der Waals surface area contributed by atoms with E-state index in [2.05, 4.69) is 5.10 Å². The zero-order chi connectivity index (χ0) is 12.4. The van der Waals surface area contributed by atoms with Gasteiger partial charge in [-0.25, -0.2) is 4.68 Å². The standard InChI is InChI=1S/C12H13N3O2/c1-15-12(16)9(13)7-10(14-15)8-5-3-4-6-11(8)17-2/h3-7H,13H2,1-2H3. The number of nitrogens with two attached hydrogens (primary N) is 1. The molecule has 1 aromatic heterocycles. The van der Waals surface area contributed by atoms with Gasteiger partial charge in [-0.1, -0.05) is 12.1 Å². The maximum Gasteiger partial charge on any atom is 0.289 e. The zero-order valence-electron chi connectivity index (χ0n) is 9.68. The van der Waals surface area contributed by atoms with Crippen LogP contribution in [0.2, 0.25) is 0 Å². The lowest BCUT2D eigenvalue weighted by Crippen LogP contribution is -2.22. The van der Waals surface area contributed by atoms with Gasteiger partial charge in [-0.3, -0.25) is 4.79 Å². The highest BCUT2D eigenvalue weighted by atomic mass is 16.5.